The molecule has 25 heavy (non-hydrogen) atoms. The molecule has 3 aromatic rings. The van der Waals surface area contributed by atoms with E-state index in [4.69, 9.17) is 10.7 Å². The van der Waals surface area contributed by atoms with E-state index in [1.165, 1.54) is 23.3 Å². The standard InChI is InChI=1S/C19H18BrN3OS/c1-10-6-7-14-11(8-10)9-12-16(21)17(25-19(12)23-14)18(24)22-15-5-3-2-4-13(15)20/h2-5,9-10H,6-8,21H2,1H3,(H,22,24). The van der Waals surface area contributed by atoms with Crippen LogP contribution in [0.15, 0.2) is 34.8 Å². The Kier molecular flexibility index (Phi) is 4.25. The van der Waals surface area contributed by atoms with Gasteiger partial charge in [0.2, 0.25) is 0 Å². The first kappa shape index (κ1) is 16.5. The van der Waals surface area contributed by atoms with E-state index in [-0.39, 0.29) is 5.91 Å². The van der Waals surface area contributed by atoms with Gasteiger partial charge in [0.25, 0.3) is 5.91 Å². The van der Waals surface area contributed by atoms with Crippen LogP contribution in [0.1, 0.15) is 34.3 Å². The Balaban J connectivity index is 1.72. The number of carbonyl (C=O) groups is 1. The number of anilines is 2. The van der Waals surface area contributed by atoms with Gasteiger partial charge in [-0.2, -0.15) is 0 Å². The number of hydrogen-bond donors (Lipinski definition) is 2. The van der Waals surface area contributed by atoms with Gasteiger partial charge in [0.15, 0.2) is 0 Å². The van der Waals surface area contributed by atoms with E-state index in [0.717, 1.165) is 38.9 Å². The average molecular weight is 416 g/mol. The number of fused-ring (bicyclic) bond motifs is 2. The van der Waals surface area contributed by atoms with E-state index in [0.29, 0.717) is 16.5 Å². The molecule has 6 heteroatoms. The van der Waals surface area contributed by atoms with Crippen molar-refractivity contribution in [2.45, 2.75) is 26.2 Å². The van der Waals surface area contributed by atoms with Crippen molar-refractivity contribution in [1.82, 2.24) is 4.98 Å². The molecule has 0 spiro atoms. The van der Waals surface area contributed by atoms with Crippen molar-refractivity contribution in [3.8, 4) is 0 Å². The quantitative estimate of drug-likeness (QED) is 0.617. The summed E-state index contributed by atoms with van der Waals surface area (Å²) in [7, 11) is 0. The van der Waals surface area contributed by atoms with E-state index in [2.05, 4.69) is 34.2 Å². The summed E-state index contributed by atoms with van der Waals surface area (Å²) in [6.45, 7) is 2.26. The van der Waals surface area contributed by atoms with Crippen LogP contribution in [-0.2, 0) is 12.8 Å². The van der Waals surface area contributed by atoms with Crippen molar-refractivity contribution in [2.75, 3.05) is 11.1 Å². The predicted molar refractivity (Wildman–Crippen MR) is 107 cm³/mol. The van der Waals surface area contributed by atoms with Crippen molar-refractivity contribution in [2.24, 2.45) is 5.92 Å². The second-order valence-corrected chi connectivity index (χ2v) is 8.43. The molecule has 1 aliphatic rings. The van der Waals surface area contributed by atoms with Gasteiger partial charge in [-0.3, -0.25) is 4.79 Å². The number of hydrogen-bond acceptors (Lipinski definition) is 4. The molecule has 1 atom stereocenters. The minimum atomic E-state index is -0.196. The average Bonchev–Trinajstić information content (AvgIpc) is 2.91. The summed E-state index contributed by atoms with van der Waals surface area (Å²) in [5.41, 5.74) is 9.98. The largest absolute Gasteiger partial charge is 0.397 e. The molecule has 0 saturated carbocycles. The molecule has 4 nitrogen and oxygen atoms in total. The number of amides is 1. The first-order valence-corrected chi connectivity index (χ1v) is 9.90. The summed E-state index contributed by atoms with van der Waals surface area (Å²) in [6, 6.07) is 9.66. The van der Waals surface area contributed by atoms with E-state index in [9.17, 15) is 4.79 Å². The lowest BCUT2D eigenvalue weighted by Gasteiger charge is -2.20. The Morgan fingerprint density at radius 2 is 2.20 bits per heavy atom. The molecule has 3 N–H and O–H groups in total. The molecular weight excluding hydrogens is 398 g/mol. The zero-order valence-electron chi connectivity index (χ0n) is 13.8. The Hall–Kier alpha value is -1.92. The molecule has 0 fully saturated rings. The highest BCUT2D eigenvalue weighted by Crippen LogP contribution is 2.36. The highest BCUT2D eigenvalue weighted by molar-refractivity contribution is 9.10. The maximum Gasteiger partial charge on any atom is 0.267 e. The molecule has 2 heterocycles. The predicted octanol–water partition coefficient (Wildman–Crippen LogP) is 5.02. The summed E-state index contributed by atoms with van der Waals surface area (Å²) in [4.78, 5) is 18.9. The number of aromatic nitrogens is 1. The van der Waals surface area contributed by atoms with Gasteiger partial charge in [0, 0.05) is 15.6 Å². The lowest BCUT2D eigenvalue weighted by molar-refractivity contribution is 0.103. The number of benzene rings is 1. The third-order valence-electron chi connectivity index (χ3n) is 4.66. The van der Waals surface area contributed by atoms with Crippen LogP contribution in [0.3, 0.4) is 0 Å². The summed E-state index contributed by atoms with van der Waals surface area (Å²) >= 11 is 4.81. The number of carbonyl (C=O) groups excluding carboxylic acids is 1. The van der Waals surface area contributed by atoms with E-state index < -0.39 is 0 Å². The van der Waals surface area contributed by atoms with E-state index in [1.807, 2.05) is 24.3 Å². The van der Waals surface area contributed by atoms with Crippen molar-refractivity contribution in [3.63, 3.8) is 0 Å². The molecule has 0 saturated heterocycles. The van der Waals surface area contributed by atoms with E-state index in [1.54, 1.807) is 0 Å². The Morgan fingerprint density at radius 3 is 3.00 bits per heavy atom. The van der Waals surface area contributed by atoms with Crippen molar-refractivity contribution in [3.05, 3.63) is 50.9 Å². The first-order valence-electron chi connectivity index (χ1n) is 8.29. The Bertz CT molecular complexity index is 982. The van der Waals surface area contributed by atoms with Crippen LogP contribution in [0.2, 0.25) is 0 Å². The second-order valence-electron chi connectivity index (χ2n) is 6.57. The van der Waals surface area contributed by atoms with Gasteiger partial charge in [-0.25, -0.2) is 4.98 Å². The summed E-state index contributed by atoms with van der Waals surface area (Å²) in [5, 5.41) is 3.82. The molecule has 1 unspecified atom stereocenters. The fourth-order valence-corrected chi connectivity index (χ4v) is 4.66. The summed E-state index contributed by atoms with van der Waals surface area (Å²) in [6.07, 6.45) is 3.20. The molecule has 0 bridgehead atoms. The number of pyridine rings is 1. The second kappa shape index (κ2) is 6.42. The van der Waals surface area contributed by atoms with Crippen LogP contribution >= 0.6 is 27.3 Å². The number of para-hydroxylation sites is 1. The van der Waals surface area contributed by atoms with Crippen LogP contribution in [0.25, 0.3) is 10.2 Å². The number of thiophene rings is 1. The zero-order valence-corrected chi connectivity index (χ0v) is 16.2. The SMILES string of the molecule is CC1CCc2nc3sc(C(=O)Nc4ccccc4Br)c(N)c3cc2C1. The fourth-order valence-electron chi connectivity index (χ4n) is 3.28. The number of nitrogens with one attached hydrogen (secondary N) is 1. The van der Waals surface area contributed by atoms with Crippen molar-refractivity contribution in [1.29, 1.82) is 0 Å². The first-order chi connectivity index (χ1) is 12.0. The highest BCUT2D eigenvalue weighted by atomic mass is 79.9. The minimum Gasteiger partial charge on any atom is -0.397 e. The highest BCUT2D eigenvalue weighted by Gasteiger charge is 2.22. The van der Waals surface area contributed by atoms with Gasteiger partial charge in [0.05, 0.1) is 11.4 Å². The molecule has 1 aromatic carbocycles. The minimum absolute atomic E-state index is 0.196. The molecule has 2 aromatic heterocycles. The monoisotopic (exact) mass is 415 g/mol. The normalized spacial score (nSPS) is 16.6. The smallest absolute Gasteiger partial charge is 0.267 e. The molecule has 1 amide bonds. The van der Waals surface area contributed by atoms with Gasteiger partial charge < -0.3 is 11.1 Å². The third kappa shape index (κ3) is 3.04. The number of rotatable bonds is 2. The van der Waals surface area contributed by atoms with Crippen molar-refractivity contribution < 1.29 is 4.79 Å². The molecule has 0 radical (unpaired) electrons. The van der Waals surface area contributed by atoms with Crippen LogP contribution < -0.4 is 11.1 Å². The number of nitrogens with zero attached hydrogens (tertiary/aromatic N) is 1. The van der Waals surface area contributed by atoms with E-state index >= 15 is 0 Å². The lowest BCUT2D eigenvalue weighted by atomic mass is 9.87. The van der Waals surface area contributed by atoms with Crippen LogP contribution in [0.5, 0.6) is 0 Å². The molecular formula is C19H18BrN3OS. The fraction of sp³-hybridized carbons (Fsp3) is 0.263. The van der Waals surface area contributed by atoms with Crippen molar-refractivity contribution >= 4 is 54.8 Å². The molecule has 128 valence electrons. The number of nitrogen functional groups attached to an aromatic ring is 1. The number of aryl methyl sites for hydroxylation is 1. The van der Waals surface area contributed by atoms with Gasteiger partial charge in [0.1, 0.15) is 9.71 Å². The van der Waals surface area contributed by atoms with Gasteiger partial charge in [-0.05, 0) is 64.9 Å². The van der Waals surface area contributed by atoms with Crippen LogP contribution in [-0.4, -0.2) is 10.9 Å². The molecule has 1 aliphatic carbocycles. The topological polar surface area (TPSA) is 68.0 Å². The third-order valence-corrected chi connectivity index (χ3v) is 6.47. The maximum absolute atomic E-state index is 12.7. The zero-order chi connectivity index (χ0) is 17.6. The number of halogens is 1. The summed E-state index contributed by atoms with van der Waals surface area (Å²) in [5.74, 6) is 0.476. The van der Waals surface area contributed by atoms with Gasteiger partial charge in [-0.1, -0.05) is 19.1 Å². The van der Waals surface area contributed by atoms with Gasteiger partial charge >= 0.3 is 0 Å². The molecule has 0 aliphatic heterocycles. The number of nitrogens with two attached hydrogens (primary N) is 1. The lowest BCUT2D eigenvalue weighted by Crippen LogP contribution is -2.13. The Labute approximate surface area is 158 Å². The Morgan fingerprint density at radius 1 is 1.40 bits per heavy atom. The van der Waals surface area contributed by atoms with Crippen LogP contribution in [0.4, 0.5) is 11.4 Å². The maximum atomic E-state index is 12.7. The molecule has 4 rings (SSSR count). The summed E-state index contributed by atoms with van der Waals surface area (Å²) < 4.78 is 0.839. The van der Waals surface area contributed by atoms with Gasteiger partial charge in [-0.15, -0.1) is 11.3 Å². The van der Waals surface area contributed by atoms with Crippen LogP contribution in [0, 0.1) is 5.92 Å².